The number of ether oxygens (including phenoxy) is 1. The van der Waals surface area contributed by atoms with Gasteiger partial charge in [0.25, 0.3) is 0 Å². The van der Waals surface area contributed by atoms with Crippen LogP contribution in [-0.4, -0.2) is 34.1 Å². The van der Waals surface area contributed by atoms with Crippen LogP contribution in [0.3, 0.4) is 0 Å². The second-order valence-electron chi connectivity index (χ2n) is 6.32. The van der Waals surface area contributed by atoms with E-state index in [-0.39, 0.29) is 0 Å². The van der Waals surface area contributed by atoms with Gasteiger partial charge in [0, 0.05) is 44.3 Å². The fraction of sp³-hybridized carbons (Fsp3) is 0.286. The minimum atomic E-state index is 0.628. The molecule has 0 atom stereocenters. The number of rotatable bonds is 7. The Labute approximate surface area is 165 Å². The number of aromatic nitrogens is 3. The van der Waals surface area contributed by atoms with Crippen LogP contribution in [0.1, 0.15) is 23.6 Å². The van der Waals surface area contributed by atoms with Crippen molar-refractivity contribution in [1.29, 1.82) is 0 Å². The Morgan fingerprint density at radius 2 is 2.04 bits per heavy atom. The summed E-state index contributed by atoms with van der Waals surface area (Å²) in [5.74, 6) is 2.47. The second kappa shape index (κ2) is 9.55. The smallest absolute Gasteiger partial charge is 0.191 e. The first-order valence-electron chi connectivity index (χ1n) is 9.29. The van der Waals surface area contributed by atoms with Gasteiger partial charge in [0.15, 0.2) is 5.96 Å². The standard InChI is InChI=1S/C21H26N6O/c1-4-28-19-11-16(2)5-7-18(19)14-26-21(22-3)25-13-17-6-8-20(24-12-17)27-10-9-23-15-27/h5-12,15H,4,13-14H2,1-3H3,(H2,22,25,26). The summed E-state index contributed by atoms with van der Waals surface area (Å²) < 4.78 is 7.61. The summed E-state index contributed by atoms with van der Waals surface area (Å²) in [6.07, 6.45) is 7.18. The van der Waals surface area contributed by atoms with Crippen molar-refractivity contribution in [3.8, 4) is 11.6 Å². The van der Waals surface area contributed by atoms with Crippen molar-refractivity contribution in [3.63, 3.8) is 0 Å². The van der Waals surface area contributed by atoms with Gasteiger partial charge in [-0.2, -0.15) is 0 Å². The number of benzene rings is 1. The maximum absolute atomic E-state index is 5.74. The molecule has 2 N–H and O–H groups in total. The van der Waals surface area contributed by atoms with Gasteiger partial charge < -0.3 is 15.4 Å². The Hall–Kier alpha value is -3.35. The molecular weight excluding hydrogens is 352 g/mol. The minimum Gasteiger partial charge on any atom is -0.494 e. The monoisotopic (exact) mass is 378 g/mol. The van der Waals surface area contributed by atoms with E-state index in [1.54, 1.807) is 19.6 Å². The topological polar surface area (TPSA) is 76.4 Å². The number of aryl methyl sites for hydroxylation is 1. The Kier molecular flexibility index (Phi) is 6.62. The molecule has 0 radical (unpaired) electrons. The van der Waals surface area contributed by atoms with E-state index in [9.17, 15) is 0 Å². The fourth-order valence-electron chi connectivity index (χ4n) is 2.75. The van der Waals surface area contributed by atoms with E-state index in [4.69, 9.17) is 4.74 Å². The Bertz CT molecular complexity index is 903. The van der Waals surface area contributed by atoms with Gasteiger partial charge in [0.1, 0.15) is 17.9 Å². The summed E-state index contributed by atoms with van der Waals surface area (Å²) in [5, 5.41) is 6.65. The van der Waals surface area contributed by atoms with Gasteiger partial charge in [0.2, 0.25) is 0 Å². The first-order chi connectivity index (χ1) is 13.7. The molecule has 3 aromatic rings. The molecule has 0 saturated carbocycles. The summed E-state index contributed by atoms with van der Waals surface area (Å²) in [7, 11) is 1.76. The molecule has 3 rings (SSSR count). The Morgan fingerprint density at radius 3 is 2.71 bits per heavy atom. The van der Waals surface area contributed by atoms with Crippen molar-refractivity contribution in [2.45, 2.75) is 26.9 Å². The molecule has 2 aromatic heterocycles. The number of nitrogens with zero attached hydrogens (tertiary/aromatic N) is 4. The third kappa shape index (κ3) is 5.09. The Morgan fingerprint density at radius 1 is 1.18 bits per heavy atom. The van der Waals surface area contributed by atoms with Crippen LogP contribution < -0.4 is 15.4 Å². The molecular formula is C21H26N6O. The molecule has 28 heavy (non-hydrogen) atoms. The van der Waals surface area contributed by atoms with E-state index >= 15 is 0 Å². The summed E-state index contributed by atoms with van der Waals surface area (Å²) in [5.41, 5.74) is 3.35. The molecule has 7 nitrogen and oxygen atoms in total. The molecule has 2 heterocycles. The Balaban J connectivity index is 1.55. The largest absolute Gasteiger partial charge is 0.494 e. The lowest BCUT2D eigenvalue weighted by atomic mass is 10.1. The third-order valence-electron chi connectivity index (χ3n) is 4.23. The number of hydrogen-bond acceptors (Lipinski definition) is 4. The van der Waals surface area contributed by atoms with Crippen LogP contribution in [-0.2, 0) is 13.1 Å². The maximum Gasteiger partial charge on any atom is 0.191 e. The number of guanidine groups is 1. The zero-order valence-electron chi connectivity index (χ0n) is 16.5. The van der Waals surface area contributed by atoms with Crippen molar-refractivity contribution >= 4 is 5.96 Å². The molecule has 0 spiro atoms. The van der Waals surface area contributed by atoms with E-state index in [0.717, 1.165) is 28.7 Å². The van der Waals surface area contributed by atoms with E-state index in [2.05, 4.69) is 50.7 Å². The molecule has 0 amide bonds. The SMILES string of the molecule is CCOc1cc(C)ccc1CNC(=NC)NCc1ccc(-n2ccnc2)nc1. The molecule has 0 unspecified atom stereocenters. The van der Waals surface area contributed by atoms with E-state index < -0.39 is 0 Å². The average molecular weight is 378 g/mol. The minimum absolute atomic E-state index is 0.628. The summed E-state index contributed by atoms with van der Waals surface area (Å²) >= 11 is 0. The van der Waals surface area contributed by atoms with Crippen LogP contribution in [0.5, 0.6) is 5.75 Å². The van der Waals surface area contributed by atoms with Gasteiger partial charge in [-0.05, 0) is 37.1 Å². The molecule has 0 aliphatic rings. The van der Waals surface area contributed by atoms with Gasteiger partial charge in [-0.25, -0.2) is 9.97 Å². The molecule has 146 valence electrons. The van der Waals surface area contributed by atoms with Crippen LogP contribution in [0.4, 0.5) is 0 Å². The predicted molar refractivity (Wildman–Crippen MR) is 111 cm³/mol. The van der Waals surface area contributed by atoms with Crippen molar-refractivity contribution in [1.82, 2.24) is 25.2 Å². The van der Waals surface area contributed by atoms with Crippen molar-refractivity contribution in [2.75, 3.05) is 13.7 Å². The van der Waals surface area contributed by atoms with Gasteiger partial charge in [-0.3, -0.25) is 9.56 Å². The molecule has 7 heteroatoms. The zero-order chi connectivity index (χ0) is 19.8. The van der Waals surface area contributed by atoms with Gasteiger partial charge >= 0.3 is 0 Å². The van der Waals surface area contributed by atoms with Crippen LogP contribution in [0.15, 0.2) is 60.2 Å². The normalized spacial score (nSPS) is 11.3. The van der Waals surface area contributed by atoms with E-state index in [1.165, 1.54) is 5.56 Å². The highest BCUT2D eigenvalue weighted by molar-refractivity contribution is 5.79. The van der Waals surface area contributed by atoms with E-state index in [0.29, 0.717) is 19.7 Å². The van der Waals surface area contributed by atoms with Crippen LogP contribution >= 0.6 is 0 Å². The van der Waals surface area contributed by atoms with Crippen molar-refractivity contribution < 1.29 is 4.74 Å². The van der Waals surface area contributed by atoms with Crippen LogP contribution in [0, 0.1) is 6.92 Å². The number of aliphatic imine (C=N–C) groups is 1. The lowest BCUT2D eigenvalue weighted by Gasteiger charge is -2.15. The average Bonchev–Trinajstić information content (AvgIpc) is 3.25. The maximum atomic E-state index is 5.74. The second-order valence-corrected chi connectivity index (χ2v) is 6.32. The van der Waals surface area contributed by atoms with Gasteiger partial charge in [-0.1, -0.05) is 18.2 Å². The number of pyridine rings is 1. The highest BCUT2D eigenvalue weighted by Crippen LogP contribution is 2.20. The number of nitrogens with one attached hydrogen (secondary N) is 2. The zero-order valence-corrected chi connectivity index (χ0v) is 16.5. The molecule has 0 aliphatic carbocycles. The first kappa shape index (κ1) is 19.4. The molecule has 0 saturated heterocycles. The summed E-state index contributed by atoms with van der Waals surface area (Å²) in [4.78, 5) is 12.8. The molecule has 0 bridgehead atoms. The lowest BCUT2D eigenvalue weighted by Crippen LogP contribution is -2.36. The van der Waals surface area contributed by atoms with Gasteiger partial charge in [0.05, 0.1) is 6.61 Å². The highest BCUT2D eigenvalue weighted by atomic mass is 16.5. The molecule has 0 fully saturated rings. The van der Waals surface area contributed by atoms with E-state index in [1.807, 2.05) is 36.0 Å². The molecule has 0 aliphatic heterocycles. The number of hydrogen-bond donors (Lipinski definition) is 2. The first-order valence-corrected chi connectivity index (χ1v) is 9.29. The van der Waals surface area contributed by atoms with Gasteiger partial charge in [-0.15, -0.1) is 0 Å². The number of imidazole rings is 1. The van der Waals surface area contributed by atoms with Crippen molar-refractivity contribution in [3.05, 3.63) is 71.9 Å². The lowest BCUT2D eigenvalue weighted by molar-refractivity contribution is 0.336. The predicted octanol–water partition coefficient (Wildman–Crippen LogP) is 2.84. The highest BCUT2D eigenvalue weighted by Gasteiger charge is 2.06. The fourth-order valence-corrected chi connectivity index (χ4v) is 2.75. The quantitative estimate of drug-likeness (QED) is 0.488. The van der Waals surface area contributed by atoms with Crippen LogP contribution in [0.2, 0.25) is 0 Å². The summed E-state index contributed by atoms with van der Waals surface area (Å²) in [6, 6.07) is 10.2. The summed E-state index contributed by atoms with van der Waals surface area (Å²) in [6.45, 7) is 5.96. The van der Waals surface area contributed by atoms with Crippen molar-refractivity contribution in [2.24, 2.45) is 4.99 Å². The van der Waals surface area contributed by atoms with Crippen LogP contribution in [0.25, 0.3) is 5.82 Å². The third-order valence-corrected chi connectivity index (χ3v) is 4.23. The molecule has 1 aromatic carbocycles.